The Balaban J connectivity index is 2.12. The van der Waals surface area contributed by atoms with E-state index in [9.17, 15) is 4.79 Å². The molecule has 0 aliphatic heterocycles. The SMILES string of the molecule is NC(=S)c1ccccc1NC(=O)C1CCCC1. The molecule has 0 radical (unpaired) electrons. The Hall–Kier alpha value is -1.42. The van der Waals surface area contributed by atoms with Crippen molar-refractivity contribution >= 4 is 28.8 Å². The van der Waals surface area contributed by atoms with Crippen molar-refractivity contribution in [3.8, 4) is 0 Å². The molecule has 0 unspecified atom stereocenters. The van der Waals surface area contributed by atoms with Crippen LogP contribution in [0, 0.1) is 5.92 Å². The fraction of sp³-hybridized carbons (Fsp3) is 0.385. The molecular formula is C13H16N2OS. The molecule has 1 aromatic rings. The predicted molar refractivity (Wildman–Crippen MR) is 72.9 cm³/mol. The summed E-state index contributed by atoms with van der Waals surface area (Å²) in [7, 11) is 0. The summed E-state index contributed by atoms with van der Waals surface area (Å²) in [6.07, 6.45) is 4.27. The minimum Gasteiger partial charge on any atom is -0.389 e. The fourth-order valence-electron chi connectivity index (χ4n) is 2.23. The summed E-state index contributed by atoms with van der Waals surface area (Å²) in [6.45, 7) is 0. The van der Waals surface area contributed by atoms with Crippen LogP contribution in [-0.2, 0) is 4.79 Å². The first kappa shape index (κ1) is 12.0. The van der Waals surface area contributed by atoms with Gasteiger partial charge in [0.15, 0.2) is 0 Å². The molecule has 0 heterocycles. The van der Waals surface area contributed by atoms with Crippen LogP contribution in [0.3, 0.4) is 0 Å². The van der Waals surface area contributed by atoms with Gasteiger partial charge in [-0.2, -0.15) is 0 Å². The average molecular weight is 248 g/mol. The van der Waals surface area contributed by atoms with E-state index in [1.807, 2.05) is 24.3 Å². The number of rotatable bonds is 3. The van der Waals surface area contributed by atoms with E-state index in [2.05, 4.69) is 5.32 Å². The van der Waals surface area contributed by atoms with Crippen molar-refractivity contribution in [3.63, 3.8) is 0 Å². The van der Waals surface area contributed by atoms with Crippen LogP contribution in [0.25, 0.3) is 0 Å². The lowest BCUT2D eigenvalue weighted by Gasteiger charge is -2.13. The summed E-state index contributed by atoms with van der Waals surface area (Å²) in [5, 5.41) is 2.93. The average Bonchev–Trinajstić information content (AvgIpc) is 2.83. The zero-order chi connectivity index (χ0) is 12.3. The number of anilines is 1. The molecule has 4 heteroatoms. The van der Waals surface area contributed by atoms with Crippen LogP contribution in [-0.4, -0.2) is 10.9 Å². The highest BCUT2D eigenvalue weighted by Gasteiger charge is 2.23. The zero-order valence-corrected chi connectivity index (χ0v) is 10.4. The topological polar surface area (TPSA) is 55.1 Å². The Morgan fingerprint density at radius 3 is 2.59 bits per heavy atom. The van der Waals surface area contributed by atoms with Gasteiger partial charge in [0.1, 0.15) is 4.99 Å². The number of carbonyl (C=O) groups excluding carboxylic acids is 1. The number of benzene rings is 1. The highest BCUT2D eigenvalue weighted by molar-refractivity contribution is 7.80. The third-order valence-electron chi connectivity index (χ3n) is 3.18. The number of nitrogens with one attached hydrogen (secondary N) is 1. The van der Waals surface area contributed by atoms with E-state index >= 15 is 0 Å². The third kappa shape index (κ3) is 2.82. The number of nitrogens with two attached hydrogens (primary N) is 1. The third-order valence-corrected chi connectivity index (χ3v) is 3.40. The van der Waals surface area contributed by atoms with Crippen LogP contribution in [0.2, 0.25) is 0 Å². The Morgan fingerprint density at radius 2 is 1.94 bits per heavy atom. The number of hydrogen-bond donors (Lipinski definition) is 2. The largest absolute Gasteiger partial charge is 0.389 e. The van der Waals surface area contributed by atoms with E-state index in [-0.39, 0.29) is 11.8 Å². The van der Waals surface area contributed by atoms with Crippen molar-refractivity contribution < 1.29 is 4.79 Å². The van der Waals surface area contributed by atoms with Gasteiger partial charge in [0, 0.05) is 11.5 Å². The molecule has 1 saturated carbocycles. The second kappa shape index (κ2) is 5.27. The number of hydrogen-bond acceptors (Lipinski definition) is 2. The zero-order valence-electron chi connectivity index (χ0n) is 9.61. The molecule has 0 aromatic heterocycles. The smallest absolute Gasteiger partial charge is 0.227 e. The second-order valence-electron chi connectivity index (χ2n) is 4.38. The van der Waals surface area contributed by atoms with Crippen LogP contribution in [0.5, 0.6) is 0 Å². The lowest BCUT2D eigenvalue weighted by molar-refractivity contribution is -0.119. The molecular weight excluding hydrogens is 232 g/mol. The van der Waals surface area contributed by atoms with Gasteiger partial charge in [0.2, 0.25) is 5.91 Å². The first-order valence-corrected chi connectivity index (χ1v) is 6.29. The summed E-state index contributed by atoms with van der Waals surface area (Å²) in [6, 6.07) is 7.39. The first-order valence-electron chi connectivity index (χ1n) is 5.88. The first-order chi connectivity index (χ1) is 8.18. The van der Waals surface area contributed by atoms with Crippen LogP contribution >= 0.6 is 12.2 Å². The van der Waals surface area contributed by atoms with Gasteiger partial charge >= 0.3 is 0 Å². The highest BCUT2D eigenvalue weighted by atomic mass is 32.1. The monoisotopic (exact) mass is 248 g/mol. The van der Waals surface area contributed by atoms with Gasteiger partial charge in [-0.1, -0.05) is 37.2 Å². The molecule has 1 aromatic carbocycles. The Morgan fingerprint density at radius 1 is 1.29 bits per heavy atom. The lowest BCUT2D eigenvalue weighted by atomic mass is 10.1. The molecule has 1 amide bonds. The lowest BCUT2D eigenvalue weighted by Crippen LogP contribution is -2.22. The van der Waals surface area contributed by atoms with E-state index < -0.39 is 0 Å². The maximum atomic E-state index is 12.0. The Kier molecular flexibility index (Phi) is 3.74. The number of amides is 1. The molecule has 0 saturated heterocycles. The van der Waals surface area contributed by atoms with Crippen molar-refractivity contribution in [2.75, 3.05) is 5.32 Å². The molecule has 3 N–H and O–H groups in total. The maximum Gasteiger partial charge on any atom is 0.227 e. The molecule has 90 valence electrons. The molecule has 0 spiro atoms. The van der Waals surface area contributed by atoms with Crippen LogP contribution in [0.15, 0.2) is 24.3 Å². The molecule has 1 aliphatic rings. The molecule has 0 bridgehead atoms. The predicted octanol–water partition coefficient (Wildman–Crippen LogP) is 2.45. The van der Waals surface area contributed by atoms with Gasteiger partial charge in [-0.3, -0.25) is 4.79 Å². The van der Waals surface area contributed by atoms with Gasteiger partial charge in [0.25, 0.3) is 0 Å². The standard InChI is InChI=1S/C13H16N2OS/c14-12(17)10-7-3-4-8-11(10)15-13(16)9-5-1-2-6-9/h3-4,7-9H,1-2,5-6H2,(H2,14,17)(H,15,16). The molecule has 3 nitrogen and oxygen atoms in total. The minimum absolute atomic E-state index is 0.0891. The van der Waals surface area contributed by atoms with E-state index in [1.54, 1.807) is 0 Å². The molecule has 2 rings (SSSR count). The Labute approximate surface area is 106 Å². The van der Waals surface area contributed by atoms with E-state index in [0.29, 0.717) is 4.99 Å². The summed E-state index contributed by atoms with van der Waals surface area (Å²) in [5.74, 6) is 0.237. The van der Waals surface area contributed by atoms with Crippen molar-refractivity contribution in [1.29, 1.82) is 0 Å². The normalized spacial score (nSPS) is 15.8. The van der Waals surface area contributed by atoms with Gasteiger partial charge in [0.05, 0.1) is 5.69 Å². The van der Waals surface area contributed by atoms with E-state index in [1.165, 1.54) is 0 Å². The molecule has 1 fully saturated rings. The Bertz CT molecular complexity index is 439. The molecule has 0 atom stereocenters. The van der Waals surface area contributed by atoms with E-state index in [0.717, 1.165) is 36.9 Å². The van der Waals surface area contributed by atoms with Gasteiger partial charge in [-0.25, -0.2) is 0 Å². The number of carbonyl (C=O) groups is 1. The summed E-state index contributed by atoms with van der Waals surface area (Å²) in [4.78, 5) is 12.3. The second-order valence-corrected chi connectivity index (χ2v) is 4.82. The van der Waals surface area contributed by atoms with Gasteiger partial charge in [-0.15, -0.1) is 0 Å². The number of para-hydroxylation sites is 1. The van der Waals surface area contributed by atoms with Gasteiger partial charge < -0.3 is 11.1 Å². The van der Waals surface area contributed by atoms with Crippen molar-refractivity contribution in [2.24, 2.45) is 11.7 Å². The van der Waals surface area contributed by atoms with Crippen LogP contribution in [0.4, 0.5) is 5.69 Å². The number of thiocarbonyl (C=S) groups is 1. The van der Waals surface area contributed by atoms with Crippen molar-refractivity contribution in [3.05, 3.63) is 29.8 Å². The summed E-state index contributed by atoms with van der Waals surface area (Å²) >= 11 is 4.96. The highest BCUT2D eigenvalue weighted by Crippen LogP contribution is 2.26. The quantitative estimate of drug-likeness (QED) is 0.808. The molecule has 1 aliphatic carbocycles. The fourth-order valence-corrected chi connectivity index (χ4v) is 2.41. The molecule has 17 heavy (non-hydrogen) atoms. The summed E-state index contributed by atoms with van der Waals surface area (Å²) < 4.78 is 0. The van der Waals surface area contributed by atoms with Crippen molar-refractivity contribution in [1.82, 2.24) is 0 Å². The maximum absolute atomic E-state index is 12.0. The van der Waals surface area contributed by atoms with Crippen molar-refractivity contribution in [2.45, 2.75) is 25.7 Å². The van der Waals surface area contributed by atoms with Crippen LogP contribution in [0.1, 0.15) is 31.2 Å². The van der Waals surface area contributed by atoms with Gasteiger partial charge in [-0.05, 0) is 25.0 Å². The summed E-state index contributed by atoms with van der Waals surface area (Å²) in [5.41, 5.74) is 7.07. The minimum atomic E-state index is 0.0891. The van der Waals surface area contributed by atoms with E-state index in [4.69, 9.17) is 18.0 Å². The van der Waals surface area contributed by atoms with Crippen LogP contribution < -0.4 is 11.1 Å².